The molecule has 0 saturated heterocycles. The van der Waals surface area contributed by atoms with E-state index in [1.165, 1.54) is 0 Å². The van der Waals surface area contributed by atoms with Gasteiger partial charge in [0.1, 0.15) is 0 Å². The summed E-state index contributed by atoms with van der Waals surface area (Å²) in [5, 5.41) is 7.37. The number of nitrogens with one attached hydrogen (secondary N) is 1. The molecule has 3 aromatic rings. The van der Waals surface area contributed by atoms with Crippen LogP contribution < -0.4 is 10.5 Å². The van der Waals surface area contributed by atoms with Crippen LogP contribution in [0.5, 0.6) is 0 Å². The maximum Gasteiger partial charge on any atom is 0.313 e. The van der Waals surface area contributed by atoms with Gasteiger partial charge in [-0.3, -0.25) is 4.72 Å². The highest BCUT2D eigenvalue weighted by atomic mass is 32.2. The van der Waals surface area contributed by atoms with Gasteiger partial charge in [0, 0.05) is 0 Å². The molecule has 0 fully saturated rings. The van der Waals surface area contributed by atoms with Gasteiger partial charge in [0.05, 0.1) is 16.1 Å². The van der Waals surface area contributed by atoms with E-state index in [4.69, 9.17) is 10.2 Å². The van der Waals surface area contributed by atoms with Crippen LogP contribution in [0.15, 0.2) is 57.8 Å². The number of rotatable bonds is 4. The van der Waals surface area contributed by atoms with E-state index in [-0.39, 0.29) is 16.8 Å². The summed E-state index contributed by atoms with van der Waals surface area (Å²) in [5.74, 6) is 0.143. The zero-order valence-corrected chi connectivity index (χ0v) is 13.0. The van der Waals surface area contributed by atoms with Gasteiger partial charge in [0.2, 0.25) is 0 Å². The summed E-state index contributed by atoms with van der Waals surface area (Å²) < 4.78 is 32.7. The maximum atomic E-state index is 12.5. The molecule has 0 saturated carbocycles. The third-order valence-corrected chi connectivity index (χ3v) is 4.56. The first-order valence-corrected chi connectivity index (χ1v) is 8.22. The number of para-hydroxylation sites is 1. The molecule has 2 aromatic carbocycles. The first kappa shape index (κ1) is 15.0. The number of nitrogens with two attached hydrogens (primary N) is 1. The Hall–Kier alpha value is -2.87. The molecule has 0 unspecified atom stereocenters. The van der Waals surface area contributed by atoms with E-state index in [0.29, 0.717) is 11.3 Å². The summed E-state index contributed by atoms with van der Waals surface area (Å²) in [6, 6.07) is 13.2. The number of anilines is 2. The van der Waals surface area contributed by atoms with Crippen molar-refractivity contribution in [3.05, 3.63) is 54.1 Å². The molecule has 3 N–H and O–H groups in total. The van der Waals surface area contributed by atoms with Crippen molar-refractivity contribution in [2.24, 2.45) is 0 Å². The molecule has 0 aliphatic rings. The molecule has 8 heteroatoms. The SMILES string of the molecule is Cc1ccc(S(=O)(=O)Nc2ccccc2-c2nnc(N)o2)cc1. The van der Waals surface area contributed by atoms with Crippen molar-refractivity contribution in [3.8, 4) is 11.5 Å². The van der Waals surface area contributed by atoms with Crippen LogP contribution in [0.2, 0.25) is 0 Å². The van der Waals surface area contributed by atoms with Gasteiger partial charge in [-0.1, -0.05) is 34.9 Å². The van der Waals surface area contributed by atoms with Crippen LogP contribution >= 0.6 is 0 Å². The lowest BCUT2D eigenvalue weighted by Gasteiger charge is -2.10. The lowest BCUT2D eigenvalue weighted by molar-refractivity contribution is 0.590. The van der Waals surface area contributed by atoms with Gasteiger partial charge in [0.25, 0.3) is 15.9 Å². The van der Waals surface area contributed by atoms with Crippen molar-refractivity contribution in [1.82, 2.24) is 10.2 Å². The Bertz CT molecular complexity index is 933. The zero-order valence-electron chi connectivity index (χ0n) is 12.2. The summed E-state index contributed by atoms with van der Waals surface area (Å²) in [6.45, 7) is 1.89. The molecule has 0 spiro atoms. The van der Waals surface area contributed by atoms with Crippen LogP contribution in [0.1, 0.15) is 5.56 Å². The maximum absolute atomic E-state index is 12.5. The molecule has 1 heterocycles. The van der Waals surface area contributed by atoms with Crippen molar-refractivity contribution in [3.63, 3.8) is 0 Å². The van der Waals surface area contributed by atoms with Gasteiger partial charge in [-0.05, 0) is 31.2 Å². The number of hydrogen-bond acceptors (Lipinski definition) is 6. The standard InChI is InChI=1S/C15H14N4O3S/c1-10-6-8-11(9-7-10)23(20,21)19-13-5-3-2-4-12(13)14-17-18-15(16)22-14/h2-9,19H,1H3,(H2,16,18). The Morgan fingerprint density at radius 1 is 1.04 bits per heavy atom. The van der Waals surface area contributed by atoms with Crippen LogP contribution in [0.3, 0.4) is 0 Å². The number of nitrogen functional groups attached to an aromatic ring is 1. The van der Waals surface area contributed by atoms with Crippen LogP contribution in [-0.2, 0) is 10.0 Å². The first-order chi connectivity index (χ1) is 11.0. The second kappa shape index (κ2) is 5.73. The smallest absolute Gasteiger partial charge is 0.313 e. The Balaban J connectivity index is 1.98. The highest BCUT2D eigenvalue weighted by Crippen LogP contribution is 2.29. The number of nitrogens with zero attached hydrogens (tertiary/aromatic N) is 2. The largest absolute Gasteiger partial charge is 0.403 e. The Morgan fingerprint density at radius 2 is 1.74 bits per heavy atom. The molecule has 0 atom stereocenters. The van der Waals surface area contributed by atoms with Crippen LogP contribution in [0, 0.1) is 6.92 Å². The van der Waals surface area contributed by atoms with Crippen molar-refractivity contribution < 1.29 is 12.8 Å². The molecule has 0 bridgehead atoms. The van der Waals surface area contributed by atoms with Gasteiger partial charge < -0.3 is 10.2 Å². The van der Waals surface area contributed by atoms with E-state index in [9.17, 15) is 8.42 Å². The van der Waals surface area contributed by atoms with Crippen LogP contribution in [0.25, 0.3) is 11.5 Å². The number of sulfonamides is 1. The fourth-order valence-corrected chi connectivity index (χ4v) is 3.10. The molecule has 0 aliphatic heterocycles. The summed E-state index contributed by atoms with van der Waals surface area (Å²) in [7, 11) is -3.72. The van der Waals surface area contributed by atoms with E-state index < -0.39 is 10.0 Å². The monoisotopic (exact) mass is 330 g/mol. The molecule has 0 radical (unpaired) electrons. The molecule has 3 rings (SSSR count). The van der Waals surface area contributed by atoms with Crippen LogP contribution in [0.4, 0.5) is 11.7 Å². The third-order valence-electron chi connectivity index (χ3n) is 3.17. The normalized spacial score (nSPS) is 11.3. The topological polar surface area (TPSA) is 111 Å². The highest BCUT2D eigenvalue weighted by molar-refractivity contribution is 7.92. The zero-order chi connectivity index (χ0) is 16.4. The second-order valence-corrected chi connectivity index (χ2v) is 6.59. The van der Waals surface area contributed by atoms with E-state index >= 15 is 0 Å². The molecule has 7 nitrogen and oxygen atoms in total. The first-order valence-electron chi connectivity index (χ1n) is 6.73. The Labute approximate surface area is 133 Å². The fraction of sp³-hybridized carbons (Fsp3) is 0.0667. The van der Waals surface area contributed by atoms with Gasteiger partial charge in [-0.2, -0.15) is 0 Å². The van der Waals surface area contributed by atoms with Gasteiger partial charge in [-0.15, -0.1) is 5.10 Å². The minimum absolute atomic E-state index is 0.0869. The van der Waals surface area contributed by atoms with Crippen LogP contribution in [-0.4, -0.2) is 18.6 Å². The fourth-order valence-electron chi connectivity index (χ4n) is 2.02. The average molecular weight is 330 g/mol. The second-order valence-electron chi connectivity index (χ2n) is 4.91. The van der Waals surface area contributed by atoms with Crippen molar-refractivity contribution in [2.75, 3.05) is 10.5 Å². The Morgan fingerprint density at radius 3 is 2.39 bits per heavy atom. The predicted octanol–water partition coefficient (Wildman–Crippen LogP) is 2.43. The number of benzene rings is 2. The number of hydrogen-bond donors (Lipinski definition) is 2. The summed E-state index contributed by atoms with van der Waals surface area (Å²) in [5.41, 5.74) is 7.18. The van der Waals surface area contributed by atoms with Crippen molar-refractivity contribution in [1.29, 1.82) is 0 Å². The molecule has 23 heavy (non-hydrogen) atoms. The quantitative estimate of drug-likeness (QED) is 0.760. The molecule has 1 aromatic heterocycles. The van der Waals surface area contributed by atoms with Gasteiger partial charge in [0.15, 0.2) is 0 Å². The lowest BCUT2D eigenvalue weighted by atomic mass is 10.2. The van der Waals surface area contributed by atoms with Gasteiger partial charge in [-0.25, -0.2) is 8.42 Å². The summed E-state index contributed by atoms with van der Waals surface area (Å²) >= 11 is 0. The van der Waals surface area contributed by atoms with Crippen molar-refractivity contribution >= 4 is 21.7 Å². The van der Waals surface area contributed by atoms with E-state index in [1.807, 2.05) is 6.92 Å². The third kappa shape index (κ3) is 3.16. The van der Waals surface area contributed by atoms with E-state index in [2.05, 4.69) is 14.9 Å². The lowest BCUT2D eigenvalue weighted by Crippen LogP contribution is -2.13. The Kier molecular flexibility index (Phi) is 3.75. The molecule has 0 aliphatic carbocycles. The highest BCUT2D eigenvalue weighted by Gasteiger charge is 2.18. The summed E-state index contributed by atoms with van der Waals surface area (Å²) in [4.78, 5) is 0.169. The minimum Gasteiger partial charge on any atom is -0.403 e. The average Bonchev–Trinajstić information content (AvgIpc) is 2.94. The molecule has 0 amide bonds. The number of aryl methyl sites for hydroxylation is 1. The molecular formula is C15H14N4O3S. The van der Waals surface area contributed by atoms with E-state index in [1.54, 1.807) is 48.5 Å². The van der Waals surface area contributed by atoms with Gasteiger partial charge >= 0.3 is 6.01 Å². The minimum atomic E-state index is -3.72. The molecular weight excluding hydrogens is 316 g/mol. The predicted molar refractivity (Wildman–Crippen MR) is 86.1 cm³/mol. The van der Waals surface area contributed by atoms with E-state index in [0.717, 1.165) is 5.56 Å². The number of aromatic nitrogens is 2. The van der Waals surface area contributed by atoms with Crippen molar-refractivity contribution in [2.45, 2.75) is 11.8 Å². The summed E-state index contributed by atoms with van der Waals surface area (Å²) in [6.07, 6.45) is 0. The molecule has 118 valence electrons.